The third-order valence-corrected chi connectivity index (χ3v) is 0. The second kappa shape index (κ2) is 8.87. The summed E-state index contributed by atoms with van der Waals surface area (Å²) in [5.74, 6) is 0.167. The van der Waals surface area contributed by atoms with Gasteiger partial charge >= 0.3 is 0 Å². The van der Waals surface area contributed by atoms with Crippen LogP contribution < -0.4 is 0 Å². The lowest BCUT2D eigenvalue weighted by Gasteiger charge is -1.56. The molecule has 0 aliphatic carbocycles. The van der Waals surface area contributed by atoms with E-state index in [4.69, 9.17) is 0 Å². The summed E-state index contributed by atoms with van der Waals surface area (Å²) >= 11 is 0. The van der Waals surface area contributed by atoms with E-state index in [2.05, 4.69) is 0 Å². The Morgan fingerprint density at radius 1 is 1.33 bits per heavy atom. The molecular weight excluding hydrogens is 103 g/mol. The van der Waals surface area contributed by atoms with Gasteiger partial charge < -0.3 is 10.3 Å². The maximum absolute atomic E-state index is 9.44. The van der Waals surface area contributed by atoms with E-state index in [1.807, 2.05) is 0 Å². The summed E-state index contributed by atoms with van der Waals surface area (Å²) in [4.78, 5) is 9.44. The van der Waals surface area contributed by atoms with Gasteiger partial charge in [0.25, 0.3) is 0 Å². The summed E-state index contributed by atoms with van der Waals surface area (Å²) in [6, 6.07) is 0. The Labute approximate surface area is 43.3 Å². The van der Waals surface area contributed by atoms with Crippen LogP contribution in [0.1, 0.15) is 13.8 Å². The molecule has 0 spiro atoms. The minimum atomic E-state index is 0. The summed E-state index contributed by atoms with van der Waals surface area (Å²) in [6.45, 7) is 3.06. The van der Waals surface area contributed by atoms with Gasteiger partial charge in [-0.3, -0.25) is 0 Å². The van der Waals surface area contributed by atoms with Gasteiger partial charge in [0.05, 0.1) is 0 Å². The van der Waals surface area contributed by atoms with Gasteiger partial charge in [-0.05, 0) is 13.8 Å². The number of rotatable bonds is 0. The molecule has 0 atom stereocenters. The van der Waals surface area contributed by atoms with Crippen molar-refractivity contribution in [1.82, 2.24) is 0 Å². The molecule has 0 radical (unpaired) electrons. The Morgan fingerprint density at radius 3 is 1.33 bits per heavy atom. The lowest BCUT2D eigenvalue weighted by Crippen LogP contribution is -1.69. The molecule has 0 aromatic rings. The fourth-order valence-electron chi connectivity index (χ4n) is 0. The zero-order valence-electron chi connectivity index (χ0n) is 3.82. The number of hydrogen-bond donors (Lipinski definition) is 0. The molecule has 0 aliphatic heterocycles. The molecule has 0 aliphatic rings. The number of halogens is 1. The van der Waals surface area contributed by atoms with Gasteiger partial charge in [-0.25, -0.2) is 0 Å². The molecule has 0 unspecified atom stereocenters. The molecule has 0 heterocycles. The highest BCUT2D eigenvalue weighted by molar-refractivity contribution is 5.85. The minimum Gasteiger partial charge on any atom is -0.412 e. The first-order valence-corrected chi connectivity index (χ1v) is 1.20. The van der Waals surface area contributed by atoms with Crippen LogP contribution in [0.4, 0.5) is 0 Å². The van der Waals surface area contributed by atoms with Gasteiger partial charge in [-0.1, -0.05) is 0 Å². The van der Waals surface area contributed by atoms with Gasteiger partial charge in [0.1, 0.15) is 5.78 Å². The quantitative estimate of drug-likeness (QED) is 0.441. The van der Waals surface area contributed by atoms with Gasteiger partial charge in [-0.15, -0.1) is 12.4 Å². The SMILES string of the molecule is CC(C)=O.Cl.O. The molecule has 6 heavy (non-hydrogen) atoms. The first-order chi connectivity index (χ1) is 1.73. The van der Waals surface area contributed by atoms with E-state index in [0.29, 0.717) is 0 Å². The van der Waals surface area contributed by atoms with Crippen LogP contribution in [0.2, 0.25) is 0 Å². The minimum absolute atomic E-state index is 0. The van der Waals surface area contributed by atoms with Crippen LogP contribution in [0.3, 0.4) is 0 Å². The fourth-order valence-corrected chi connectivity index (χ4v) is 0. The number of ketones is 1. The van der Waals surface area contributed by atoms with Crippen molar-refractivity contribution in [2.24, 2.45) is 0 Å². The maximum Gasteiger partial charge on any atom is 0.126 e. The van der Waals surface area contributed by atoms with Crippen molar-refractivity contribution in [2.75, 3.05) is 0 Å². The average Bonchev–Trinajstić information content (AvgIpc) is 0.811. The smallest absolute Gasteiger partial charge is 0.126 e. The van der Waals surface area contributed by atoms with Gasteiger partial charge in [0.2, 0.25) is 0 Å². The van der Waals surface area contributed by atoms with Crippen LogP contribution in [0.25, 0.3) is 0 Å². The third kappa shape index (κ3) is 5220. The largest absolute Gasteiger partial charge is 0.412 e. The van der Waals surface area contributed by atoms with Gasteiger partial charge in [0, 0.05) is 0 Å². The number of Topliss-reactive ketones (excluding diaryl/α,β-unsaturated/α-hetero) is 1. The number of hydrogen-bond acceptors (Lipinski definition) is 1. The van der Waals surface area contributed by atoms with Crippen molar-refractivity contribution in [3.05, 3.63) is 0 Å². The lowest BCUT2D eigenvalue weighted by molar-refractivity contribution is -0.114. The normalized spacial score (nSPS) is 4.33. The maximum atomic E-state index is 9.44. The van der Waals surface area contributed by atoms with Gasteiger partial charge in [-0.2, -0.15) is 0 Å². The van der Waals surface area contributed by atoms with E-state index < -0.39 is 0 Å². The molecule has 0 aromatic carbocycles. The van der Waals surface area contributed by atoms with E-state index in [1.165, 1.54) is 13.8 Å². The van der Waals surface area contributed by atoms with E-state index in [-0.39, 0.29) is 23.7 Å². The van der Waals surface area contributed by atoms with Gasteiger partial charge in [0.15, 0.2) is 0 Å². The Morgan fingerprint density at radius 2 is 1.33 bits per heavy atom. The third-order valence-electron chi connectivity index (χ3n) is 0. The zero-order chi connectivity index (χ0) is 3.58. The highest BCUT2D eigenvalue weighted by atomic mass is 35.5. The summed E-state index contributed by atoms with van der Waals surface area (Å²) in [6.07, 6.45) is 0. The molecule has 0 saturated carbocycles. The monoisotopic (exact) mass is 112 g/mol. The molecule has 0 amide bonds. The Kier molecular flexibility index (Phi) is 24.8. The van der Waals surface area contributed by atoms with Crippen molar-refractivity contribution < 1.29 is 10.3 Å². The average molecular weight is 113 g/mol. The van der Waals surface area contributed by atoms with E-state index in [1.54, 1.807) is 0 Å². The second-order valence-corrected chi connectivity index (χ2v) is 0.908. The second-order valence-electron chi connectivity index (χ2n) is 0.908. The van der Waals surface area contributed by atoms with Crippen LogP contribution in [-0.4, -0.2) is 11.3 Å². The van der Waals surface area contributed by atoms with Crippen LogP contribution in [0.5, 0.6) is 0 Å². The molecule has 0 fully saturated rings. The summed E-state index contributed by atoms with van der Waals surface area (Å²) in [7, 11) is 0. The summed E-state index contributed by atoms with van der Waals surface area (Å²) in [5, 5.41) is 0. The molecule has 0 bridgehead atoms. The predicted molar refractivity (Wildman–Crippen MR) is 27.2 cm³/mol. The molecule has 0 rings (SSSR count). The van der Waals surface area contributed by atoms with Crippen molar-refractivity contribution in [2.45, 2.75) is 13.8 Å². The lowest BCUT2D eigenvalue weighted by atomic mass is 10.6. The van der Waals surface area contributed by atoms with E-state index in [9.17, 15) is 4.79 Å². The van der Waals surface area contributed by atoms with Crippen molar-refractivity contribution in [1.29, 1.82) is 0 Å². The number of carbonyl (C=O) groups is 1. The van der Waals surface area contributed by atoms with E-state index in [0.717, 1.165) is 0 Å². The van der Waals surface area contributed by atoms with Crippen LogP contribution in [-0.2, 0) is 4.79 Å². The first-order valence-electron chi connectivity index (χ1n) is 1.20. The van der Waals surface area contributed by atoms with E-state index >= 15 is 0 Å². The zero-order valence-corrected chi connectivity index (χ0v) is 4.63. The Balaban J connectivity index is -0.0000000450. The molecule has 0 aromatic heterocycles. The summed E-state index contributed by atoms with van der Waals surface area (Å²) in [5.41, 5.74) is 0. The molecular formula is C3H9ClO2. The first kappa shape index (κ1) is 16.8. The molecule has 0 saturated heterocycles. The standard InChI is InChI=1S/C3H6O.ClH.H2O/c1-3(2)4;;/h1-2H3;1H;1H2. The Hall–Kier alpha value is -0.0800. The highest BCUT2D eigenvalue weighted by Crippen LogP contribution is 1.50. The molecule has 3 heteroatoms. The predicted octanol–water partition coefficient (Wildman–Crippen LogP) is 0.192. The fraction of sp³-hybridized carbons (Fsp3) is 0.667. The van der Waals surface area contributed by atoms with Crippen LogP contribution in [0, 0.1) is 0 Å². The highest BCUT2D eigenvalue weighted by Gasteiger charge is 1.62. The van der Waals surface area contributed by atoms with Crippen molar-refractivity contribution in [3.63, 3.8) is 0 Å². The molecule has 40 valence electrons. The van der Waals surface area contributed by atoms with Crippen molar-refractivity contribution >= 4 is 18.2 Å². The molecule has 2 N–H and O–H groups in total. The van der Waals surface area contributed by atoms with Crippen LogP contribution >= 0.6 is 12.4 Å². The Bertz CT molecular complexity index is 31.8. The van der Waals surface area contributed by atoms with Crippen LogP contribution in [0.15, 0.2) is 0 Å². The number of carbonyl (C=O) groups excluding carboxylic acids is 1. The summed E-state index contributed by atoms with van der Waals surface area (Å²) < 4.78 is 0. The molecule has 2 nitrogen and oxygen atoms in total. The van der Waals surface area contributed by atoms with Crippen molar-refractivity contribution in [3.8, 4) is 0 Å². The topological polar surface area (TPSA) is 48.6 Å².